The lowest BCUT2D eigenvalue weighted by molar-refractivity contribution is -0.154. The van der Waals surface area contributed by atoms with Gasteiger partial charge in [0.15, 0.2) is 12.7 Å². The van der Waals surface area contributed by atoms with Crippen LogP contribution in [0.15, 0.2) is 28.7 Å². The smallest absolute Gasteiger partial charge is 0.347 e. The molecule has 1 aromatic rings. The number of nitrogens with one attached hydrogen (secondary N) is 1. The van der Waals surface area contributed by atoms with Gasteiger partial charge in [-0.05, 0) is 44.0 Å². The first kappa shape index (κ1) is 14.8. The van der Waals surface area contributed by atoms with Gasteiger partial charge in [-0.2, -0.15) is 0 Å². The highest BCUT2D eigenvalue weighted by Gasteiger charge is 2.24. The standard InChI is InChI=1S/C14H16BrNO4/c1-9(20-12-6-2-10(15)3-7-12)14(18)19-8-13(17)16-11-4-5-11/h2-3,6-7,9,11H,4-5,8H2,1H3,(H,16,17)/t9-/m0/s1. The van der Waals surface area contributed by atoms with E-state index in [0.717, 1.165) is 17.3 Å². The summed E-state index contributed by atoms with van der Waals surface area (Å²) in [5.74, 6) is -0.254. The summed E-state index contributed by atoms with van der Waals surface area (Å²) in [5.41, 5.74) is 0. The van der Waals surface area contributed by atoms with Crippen LogP contribution in [0.4, 0.5) is 0 Å². The summed E-state index contributed by atoms with van der Waals surface area (Å²) in [6, 6.07) is 7.38. The summed E-state index contributed by atoms with van der Waals surface area (Å²) >= 11 is 3.31. The Labute approximate surface area is 125 Å². The predicted octanol–water partition coefficient (Wildman–Crippen LogP) is 2.04. The minimum atomic E-state index is -0.759. The minimum absolute atomic E-state index is 0.261. The average Bonchev–Trinajstić information content (AvgIpc) is 3.22. The fourth-order valence-corrected chi connectivity index (χ4v) is 1.78. The van der Waals surface area contributed by atoms with Gasteiger partial charge in [0.1, 0.15) is 5.75 Å². The number of ether oxygens (including phenoxy) is 2. The Bertz CT molecular complexity index is 484. The van der Waals surface area contributed by atoms with Crippen molar-refractivity contribution in [1.82, 2.24) is 5.32 Å². The zero-order valence-corrected chi connectivity index (χ0v) is 12.7. The van der Waals surface area contributed by atoms with Gasteiger partial charge < -0.3 is 14.8 Å². The number of carbonyl (C=O) groups excluding carboxylic acids is 2. The molecule has 108 valence electrons. The van der Waals surface area contributed by atoms with Crippen LogP contribution < -0.4 is 10.1 Å². The molecule has 1 fully saturated rings. The van der Waals surface area contributed by atoms with E-state index in [1.165, 1.54) is 0 Å². The van der Waals surface area contributed by atoms with Crippen molar-refractivity contribution in [3.63, 3.8) is 0 Å². The maximum atomic E-state index is 11.7. The Morgan fingerprint density at radius 2 is 2.00 bits per heavy atom. The van der Waals surface area contributed by atoms with Crippen molar-refractivity contribution in [3.05, 3.63) is 28.7 Å². The molecule has 1 saturated carbocycles. The van der Waals surface area contributed by atoms with Crippen molar-refractivity contribution < 1.29 is 19.1 Å². The topological polar surface area (TPSA) is 64.6 Å². The Morgan fingerprint density at radius 1 is 1.35 bits per heavy atom. The molecular weight excluding hydrogens is 326 g/mol. The first-order chi connectivity index (χ1) is 9.54. The molecule has 1 amide bonds. The van der Waals surface area contributed by atoms with Gasteiger partial charge in [0.25, 0.3) is 5.91 Å². The van der Waals surface area contributed by atoms with Crippen molar-refractivity contribution in [2.45, 2.75) is 31.9 Å². The number of hydrogen-bond donors (Lipinski definition) is 1. The van der Waals surface area contributed by atoms with Crippen LogP contribution in [0.5, 0.6) is 5.75 Å². The highest BCUT2D eigenvalue weighted by molar-refractivity contribution is 9.10. The lowest BCUT2D eigenvalue weighted by Gasteiger charge is -2.13. The molecule has 1 atom stereocenters. The molecule has 1 aliphatic rings. The van der Waals surface area contributed by atoms with E-state index in [1.807, 2.05) is 12.1 Å². The third-order valence-electron chi connectivity index (χ3n) is 2.75. The molecule has 0 unspecified atom stereocenters. The fraction of sp³-hybridized carbons (Fsp3) is 0.429. The van der Waals surface area contributed by atoms with Gasteiger partial charge in [0.2, 0.25) is 0 Å². The number of amides is 1. The zero-order valence-electron chi connectivity index (χ0n) is 11.1. The number of rotatable bonds is 6. The molecule has 0 spiro atoms. The Kier molecular flexibility index (Phi) is 5.00. The molecule has 1 aromatic carbocycles. The summed E-state index contributed by atoms with van der Waals surface area (Å²) < 4.78 is 11.3. The van der Waals surface area contributed by atoms with Crippen LogP contribution in [-0.4, -0.2) is 30.6 Å². The van der Waals surface area contributed by atoms with Gasteiger partial charge in [0.05, 0.1) is 0 Å². The van der Waals surface area contributed by atoms with E-state index in [0.29, 0.717) is 5.75 Å². The summed E-state index contributed by atoms with van der Waals surface area (Å²) in [7, 11) is 0. The van der Waals surface area contributed by atoms with E-state index in [2.05, 4.69) is 21.2 Å². The van der Waals surface area contributed by atoms with E-state index >= 15 is 0 Å². The molecule has 0 radical (unpaired) electrons. The quantitative estimate of drug-likeness (QED) is 0.804. The monoisotopic (exact) mass is 341 g/mol. The number of esters is 1. The number of benzene rings is 1. The second-order valence-corrected chi connectivity index (χ2v) is 5.58. The van der Waals surface area contributed by atoms with E-state index < -0.39 is 12.1 Å². The van der Waals surface area contributed by atoms with Crippen LogP contribution in [0, 0.1) is 0 Å². The first-order valence-electron chi connectivity index (χ1n) is 6.43. The molecule has 6 heteroatoms. The lowest BCUT2D eigenvalue weighted by Crippen LogP contribution is -2.33. The molecule has 1 aliphatic carbocycles. The summed E-state index contributed by atoms with van der Waals surface area (Å²) in [5, 5.41) is 2.74. The van der Waals surface area contributed by atoms with E-state index in [1.54, 1.807) is 19.1 Å². The molecule has 0 saturated heterocycles. The number of hydrogen-bond acceptors (Lipinski definition) is 4. The second kappa shape index (κ2) is 6.74. The average molecular weight is 342 g/mol. The van der Waals surface area contributed by atoms with Crippen molar-refractivity contribution in [3.8, 4) is 5.75 Å². The van der Waals surface area contributed by atoms with Gasteiger partial charge in [0, 0.05) is 10.5 Å². The molecule has 0 aromatic heterocycles. The van der Waals surface area contributed by atoms with Crippen LogP contribution in [-0.2, 0) is 14.3 Å². The molecule has 0 aliphatic heterocycles. The molecule has 1 N–H and O–H groups in total. The molecule has 2 rings (SSSR count). The minimum Gasteiger partial charge on any atom is -0.479 e. The normalized spacial score (nSPS) is 15.3. The van der Waals surface area contributed by atoms with Gasteiger partial charge in [-0.1, -0.05) is 15.9 Å². The molecule has 20 heavy (non-hydrogen) atoms. The summed E-state index contributed by atoms with van der Waals surface area (Å²) in [6.07, 6.45) is 1.25. The van der Waals surface area contributed by atoms with Crippen molar-refractivity contribution in [2.75, 3.05) is 6.61 Å². The summed E-state index contributed by atoms with van der Waals surface area (Å²) in [6.45, 7) is 1.33. The zero-order chi connectivity index (χ0) is 14.5. The van der Waals surface area contributed by atoms with E-state index in [9.17, 15) is 9.59 Å². The van der Waals surface area contributed by atoms with Gasteiger partial charge in [-0.3, -0.25) is 4.79 Å². The van der Waals surface area contributed by atoms with Crippen LogP contribution in [0.1, 0.15) is 19.8 Å². The lowest BCUT2D eigenvalue weighted by atomic mass is 10.3. The Hall–Kier alpha value is -1.56. The molecular formula is C14H16BrNO4. The van der Waals surface area contributed by atoms with Crippen molar-refractivity contribution in [2.24, 2.45) is 0 Å². The molecule has 0 bridgehead atoms. The molecule has 0 heterocycles. The highest BCUT2D eigenvalue weighted by Crippen LogP contribution is 2.18. The van der Waals surface area contributed by atoms with Crippen LogP contribution in [0.3, 0.4) is 0 Å². The maximum absolute atomic E-state index is 11.7. The fourth-order valence-electron chi connectivity index (χ4n) is 1.52. The third kappa shape index (κ3) is 4.85. The van der Waals surface area contributed by atoms with Crippen LogP contribution in [0.2, 0.25) is 0 Å². The molecule has 5 nitrogen and oxygen atoms in total. The number of carbonyl (C=O) groups is 2. The van der Waals surface area contributed by atoms with Crippen LogP contribution >= 0.6 is 15.9 Å². The van der Waals surface area contributed by atoms with Gasteiger partial charge in [-0.25, -0.2) is 4.79 Å². The largest absolute Gasteiger partial charge is 0.479 e. The Balaban J connectivity index is 1.73. The van der Waals surface area contributed by atoms with E-state index in [-0.39, 0.29) is 18.6 Å². The second-order valence-electron chi connectivity index (χ2n) is 4.66. The predicted molar refractivity (Wildman–Crippen MR) is 76.4 cm³/mol. The number of halogens is 1. The van der Waals surface area contributed by atoms with Crippen LogP contribution in [0.25, 0.3) is 0 Å². The van der Waals surface area contributed by atoms with Gasteiger partial charge in [-0.15, -0.1) is 0 Å². The Morgan fingerprint density at radius 3 is 2.60 bits per heavy atom. The van der Waals surface area contributed by atoms with Crippen molar-refractivity contribution >= 4 is 27.8 Å². The van der Waals surface area contributed by atoms with Crippen molar-refractivity contribution in [1.29, 1.82) is 0 Å². The maximum Gasteiger partial charge on any atom is 0.347 e. The SMILES string of the molecule is C[C@H](Oc1ccc(Br)cc1)C(=O)OCC(=O)NC1CC1. The summed E-state index contributed by atoms with van der Waals surface area (Å²) in [4.78, 5) is 23.1. The third-order valence-corrected chi connectivity index (χ3v) is 3.28. The van der Waals surface area contributed by atoms with Gasteiger partial charge >= 0.3 is 5.97 Å². The highest BCUT2D eigenvalue weighted by atomic mass is 79.9. The first-order valence-corrected chi connectivity index (χ1v) is 7.22. The van der Waals surface area contributed by atoms with E-state index in [4.69, 9.17) is 9.47 Å².